The maximum Gasteiger partial charge on any atom is 0.416 e. The summed E-state index contributed by atoms with van der Waals surface area (Å²) in [6.45, 7) is -0.292. The average Bonchev–Trinajstić information content (AvgIpc) is 3.19. The average molecular weight is 499 g/mol. The third-order valence-corrected chi connectivity index (χ3v) is 5.74. The van der Waals surface area contributed by atoms with Crippen molar-refractivity contribution in [2.24, 2.45) is 0 Å². The largest absolute Gasteiger partial charge is 0.416 e. The summed E-state index contributed by atoms with van der Waals surface area (Å²) in [5, 5.41) is -0.0396. The first kappa shape index (κ1) is 23.6. The maximum atomic E-state index is 13.6. The van der Waals surface area contributed by atoms with E-state index in [1.165, 1.54) is 18.3 Å². The van der Waals surface area contributed by atoms with Crippen molar-refractivity contribution in [1.82, 2.24) is 9.97 Å². The summed E-state index contributed by atoms with van der Waals surface area (Å²) in [6, 6.07) is 9.03. The molecule has 2 aromatic heterocycles. The Hall–Kier alpha value is -3.54. The number of anilines is 1. The molecular formula is C22H12F7N3OS. The maximum absolute atomic E-state index is 13.6. The summed E-state index contributed by atoms with van der Waals surface area (Å²) in [5.74, 6) is -1.72. The number of rotatable bonds is 4. The lowest BCUT2D eigenvalue weighted by Gasteiger charge is -2.21. The van der Waals surface area contributed by atoms with E-state index in [1.807, 2.05) is 0 Å². The van der Waals surface area contributed by atoms with Crippen LogP contribution in [-0.2, 0) is 18.9 Å². The van der Waals surface area contributed by atoms with Gasteiger partial charge in [-0.2, -0.15) is 26.3 Å². The number of carbonyl (C=O) groups is 1. The first-order valence-electron chi connectivity index (χ1n) is 9.49. The first-order valence-corrected chi connectivity index (χ1v) is 10.3. The molecule has 2 aromatic carbocycles. The molecular weight excluding hydrogens is 487 g/mol. The second-order valence-corrected chi connectivity index (χ2v) is 8.12. The lowest BCUT2D eigenvalue weighted by Crippen LogP contribution is -2.31. The normalized spacial score (nSPS) is 12.2. The van der Waals surface area contributed by atoms with E-state index in [2.05, 4.69) is 9.97 Å². The summed E-state index contributed by atoms with van der Waals surface area (Å²) >= 11 is 0.863. The predicted octanol–water partition coefficient (Wildman–Crippen LogP) is 6.72. The van der Waals surface area contributed by atoms with Crippen LogP contribution in [0.1, 0.15) is 27.2 Å². The fourth-order valence-electron chi connectivity index (χ4n) is 3.12. The molecule has 0 aliphatic carbocycles. The van der Waals surface area contributed by atoms with Crippen LogP contribution < -0.4 is 4.90 Å². The zero-order valence-electron chi connectivity index (χ0n) is 16.8. The van der Waals surface area contributed by atoms with Gasteiger partial charge in [0, 0.05) is 11.8 Å². The topological polar surface area (TPSA) is 46.1 Å². The molecule has 0 spiro atoms. The van der Waals surface area contributed by atoms with Gasteiger partial charge in [0.1, 0.15) is 5.82 Å². The SMILES string of the molecule is O=C(c1cc(C(F)(F)F)cc(C(F)(F)F)c1)N(Cc1ccccn1)c1nc2ccc(F)cc2s1. The van der Waals surface area contributed by atoms with Crippen LogP contribution in [0.4, 0.5) is 35.9 Å². The van der Waals surface area contributed by atoms with Crippen LogP contribution in [0.25, 0.3) is 10.2 Å². The smallest absolute Gasteiger partial charge is 0.278 e. The van der Waals surface area contributed by atoms with E-state index >= 15 is 0 Å². The van der Waals surface area contributed by atoms with Crippen LogP contribution in [-0.4, -0.2) is 15.9 Å². The minimum absolute atomic E-state index is 0.0396. The quantitative estimate of drug-likeness (QED) is 0.293. The predicted molar refractivity (Wildman–Crippen MR) is 111 cm³/mol. The number of amides is 1. The van der Waals surface area contributed by atoms with Crippen molar-refractivity contribution < 1.29 is 35.5 Å². The number of halogens is 7. The molecule has 0 fully saturated rings. The number of carbonyl (C=O) groups excluding carboxylic acids is 1. The highest BCUT2D eigenvalue weighted by atomic mass is 32.1. The Morgan fingerprint density at radius 1 is 0.912 bits per heavy atom. The minimum Gasteiger partial charge on any atom is -0.278 e. The molecule has 4 nitrogen and oxygen atoms in total. The van der Waals surface area contributed by atoms with E-state index < -0.39 is 40.8 Å². The Morgan fingerprint density at radius 3 is 2.18 bits per heavy atom. The Morgan fingerprint density at radius 2 is 1.59 bits per heavy atom. The van der Waals surface area contributed by atoms with Crippen LogP contribution in [0.2, 0.25) is 0 Å². The van der Waals surface area contributed by atoms with Crippen molar-refractivity contribution >= 4 is 32.6 Å². The van der Waals surface area contributed by atoms with Gasteiger partial charge in [-0.25, -0.2) is 9.37 Å². The number of benzene rings is 2. The molecule has 0 saturated heterocycles. The zero-order valence-corrected chi connectivity index (χ0v) is 17.6. The van der Waals surface area contributed by atoms with Gasteiger partial charge in [0.2, 0.25) is 0 Å². The van der Waals surface area contributed by atoms with Crippen molar-refractivity contribution in [3.63, 3.8) is 0 Å². The Kier molecular flexibility index (Phi) is 6.02. The lowest BCUT2D eigenvalue weighted by molar-refractivity contribution is -0.143. The van der Waals surface area contributed by atoms with E-state index in [9.17, 15) is 35.5 Å². The number of hydrogen-bond donors (Lipinski definition) is 0. The molecule has 0 unspecified atom stereocenters. The van der Waals surface area contributed by atoms with E-state index in [1.54, 1.807) is 12.1 Å². The van der Waals surface area contributed by atoms with Gasteiger partial charge in [-0.1, -0.05) is 17.4 Å². The number of thiazole rings is 1. The van der Waals surface area contributed by atoms with Gasteiger partial charge >= 0.3 is 12.4 Å². The summed E-state index contributed by atoms with van der Waals surface area (Å²) in [7, 11) is 0. The van der Waals surface area contributed by atoms with Gasteiger partial charge in [0.05, 0.1) is 33.6 Å². The second kappa shape index (κ2) is 8.67. The van der Waals surface area contributed by atoms with Crippen LogP contribution in [0.3, 0.4) is 0 Å². The molecule has 0 aliphatic heterocycles. The fourth-order valence-corrected chi connectivity index (χ4v) is 4.10. The number of hydrogen-bond acceptors (Lipinski definition) is 4. The molecule has 0 atom stereocenters. The van der Waals surface area contributed by atoms with Crippen molar-refractivity contribution in [2.75, 3.05) is 4.90 Å². The second-order valence-electron chi connectivity index (χ2n) is 7.12. The van der Waals surface area contributed by atoms with Gasteiger partial charge in [-0.15, -0.1) is 0 Å². The summed E-state index contributed by atoms with van der Waals surface area (Å²) in [5.41, 5.74) is -3.45. The molecule has 0 N–H and O–H groups in total. The summed E-state index contributed by atoms with van der Waals surface area (Å²) < 4.78 is 93.7. The number of alkyl halides is 6. The van der Waals surface area contributed by atoms with Crippen LogP contribution in [0.5, 0.6) is 0 Å². The first-order chi connectivity index (χ1) is 15.9. The summed E-state index contributed by atoms with van der Waals surface area (Å²) in [6.07, 6.45) is -8.82. The number of pyridine rings is 1. The number of fused-ring (bicyclic) bond motifs is 1. The molecule has 34 heavy (non-hydrogen) atoms. The molecule has 4 aromatic rings. The third kappa shape index (κ3) is 5.01. The van der Waals surface area contributed by atoms with Crippen LogP contribution in [0.15, 0.2) is 60.8 Å². The van der Waals surface area contributed by atoms with E-state index in [0.717, 1.165) is 28.4 Å². The van der Waals surface area contributed by atoms with Gasteiger partial charge < -0.3 is 0 Å². The van der Waals surface area contributed by atoms with Gasteiger partial charge in [-0.3, -0.25) is 14.7 Å². The lowest BCUT2D eigenvalue weighted by atomic mass is 10.0. The van der Waals surface area contributed by atoms with E-state index in [4.69, 9.17) is 0 Å². The van der Waals surface area contributed by atoms with Gasteiger partial charge in [-0.05, 0) is 48.5 Å². The van der Waals surface area contributed by atoms with Crippen molar-refractivity contribution in [1.29, 1.82) is 0 Å². The fraction of sp³-hybridized carbons (Fsp3) is 0.136. The minimum atomic E-state index is -5.12. The van der Waals surface area contributed by atoms with Crippen molar-refractivity contribution in [3.8, 4) is 0 Å². The number of aromatic nitrogens is 2. The summed E-state index contributed by atoms with van der Waals surface area (Å²) in [4.78, 5) is 22.5. The highest BCUT2D eigenvalue weighted by molar-refractivity contribution is 7.22. The van der Waals surface area contributed by atoms with Gasteiger partial charge in [0.25, 0.3) is 5.91 Å². The molecule has 0 bridgehead atoms. The van der Waals surface area contributed by atoms with E-state index in [-0.39, 0.29) is 17.7 Å². The molecule has 0 aliphatic rings. The molecule has 1 amide bonds. The zero-order chi connectivity index (χ0) is 24.7. The number of nitrogens with zero attached hydrogens (tertiary/aromatic N) is 3. The van der Waals surface area contributed by atoms with Crippen LogP contribution in [0, 0.1) is 5.82 Å². The highest BCUT2D eigenvalue weighted by Crippen LogP contribution is 2.37. The van der Waals surface area contributed by atoms with Crippen molar-refractivity contribution in [3.05, 3.63) is 89.0 Å². The third-order valence-electron chi connectivity index (χ3n) is 4.70. The molecule has 12 heteroatoms. The molecule has 0 saturated carbocycles. The van der Waals surface area contributed by atoms with Crippen molar-refractivity contribution in [2.45, 2.75) is 18.9 Å². The molecule has 0 radical (unpaired) electrons. The highest BCUT2D eigenvalue weighted by Gasteiger charge is 2.38. The van der Waals surface area contributed by atoms with Gasteiger partial charge in [0.15, 0.2) is 5.13 Å². The Labute approximate surface area is 191 Å². The van der Waals surface area contributed by atoms with E-state index in [0.29, 0.717) is 28.0 Å². The molecule has 4 rings (SSSR count). The Balaban J connectivity index is 1.85. The monoisotopic (exact) mass is 499 g/mol. The molecule has 2 heterocycles. The van der Waals surface area contributed by atoms with Crippen LogP contribution >= 0.6 is 11.3 Å². The standard InChI is InChI=1S/C22H12F7N3OS/c23-15-4-5-17-18(10-15)34-20(31-17)32(11-16-3-1-2-6-30-16)19(33)12-7-13(21(24,25)26)9-14(8-12)22(27,28)29/h1-10H,11H2. The molecule has 176 valence electrons. The Bertz CT molecular complexity index is 1320.